The highest BCUT2D eigenvalue weighted by Crippen LogP contribution is 2.23. The van der Waals surface area contributed by atoms with E-state index in [2.05, 4.69) is 20.4 Å². The molecule has 7 nitrogen and oxygen atoms in total. The first-order valence-corrected chi connectivity index (χ1v) is 7.93. The van der Waals surface area contributed by atoms with Crippen molar-refractivity contribution in [2.24, 2.45) is 4.99 Å². The highest BCUT2D eigenvalue weighted by molar-refractivity contribution is 7.13. The van der Waals surface area contributed by atoms with Crippen molar-refractivity contribution >= 4 is 17.3 Å². The summed E-state index contributed by atoms with van der Waals surface area (Å²) < 4.78 is 10.3. The number of guanidine groups is 1. The molecule has 0 saturated carbocycles. The number of nitrogens with zero attached hydrogens (tertiary/aromatic N) is 4. The Morgan fingerprint density at radius 3 is 3.00 bits per heavy atom. The van der Waals surface area contributed by atoms with Crippen molar-refractivity contribution < 1.29 is 8.94 Å². The first kappa shape index (κ1) is 15.3. The Balaban J connectivity index is 1.58. The van der Waals surface area contributed by atoms with E-state index in [1.807, 2.05) is 35.5 Å². The van der Waals surface area contributed by atoms with Gasteiger partial charge in [0.25, 0.3) is 0 Å². The lowest BCUT2D eigenvalue weighted by atomic mass is 10.4. The number of hydrogen-bond donors (Lipinski definition) is 1. The minimum Gasteiger partial charge on any atom is -0.443 e. The second-order valence-electron chi connectivity index (χ2n) is 4.87. The van der Waals surface area contributed by atoms with Gasteiger partial charge < -0.3 is 19.2 Å². The number of aliphatic imine (C=N–C) groups is 1. The number of oxazole rings is 1. The molecule has 3 heterocycles. The van der Waals surface area contributed by atoms with Gasteiger partial charge in [-0.25, -0.2) is 4.98 Å². The van der Waals surface area contributed by atoms with Crippen LogP contribution in [0.5, 0.6) is 0 Å². The van der Waals surface area contributed by atoms with Gasteiger partial charge in [-0.2, -0.15) is 0 Å². The zero-order valence-corrected chi connectivity index (χ0v) is 13.7. The molecule has 1 N–H and O–H groups in total. The first-order valence-electron chi connectivity index (χ1n) is 7.05. The van der Waals surface area contributed by atoms with E-state index >= 15 is 0 Å². The Morgan fingerprint density at radius 2 is 2.30 bits per heavy atom. The zero-order valence-electron chi connectivity index (χ0n) is 12.9. The monoisotopic (exact) mass is 331 g/mol. The molecule has 0 unspecified atom stereocenters. The molecule has 0 aliphatic heterocycles. The molecular weight excluding hydrogens is 314 g/mol. The molecule has 3 aromatic rings. The largest absolute Gasteiger partial charge is 0.443 e. The Kier molecular flexibility index (Phi) is 4.72. The van der Waals surface area contributed by atoms with Crippen molar-refractivity contribution in [1.82, 2.24) is 20.4 Å². The van der Waals surface area contributed by atoms with Crippen molar-refractivity contribution in [3.05, 3.63) is 47.5 Å². The molecular formula is C15H17N5O2S. The van der Waals surface area contributed by atoms with Crippen LogP contribution in [-0.4, -0.2) is 35.1 Å². The number of rotatable bonds is 5. The van der Waals surface area contributed by atoms with E-state index in [9.17, 15) is 0 Å². The second kappa shape index (κ2) is 7.10. The van der Waals surface area contributed by atoms with Crippen LogP contribution in [0.2, 0.25) is 0 Å². The minimum atomic E-state index is 0.532. The smallest absolute Gasteiger partial charge is 0.236 e. The lowest BCUT2D eigenvalue weighted by Crippen LogP contribution is -2.38. The van der Waals surface area contributed by atoms with E-state index in [1.54, 1.807) is 30.9 Å². The van der Waals surface area contributed by atoms with Gasteiger partial charge in [-0.05, 0) is 11.4 Å². The summed E-state index contributed by atoms with van der Waals surface area (Å²) in [7, 11) is 3.67. The molecule has 0 amide bonds. The average molecular weight is 331 g/mol. The molecule has 3 aromatic heterocycles. The molecule has 0 aromatic carbocycles. The molecule has 3 rings (SSSR count). The van der Waals surface area contributed by atoms with Crippen LogP contribution in [0.1, 0.15) is 11.4 Å². The van der Waals surface area contributed by atoms with E-state index < -0.39 is 0 Å². The van der Waals surface area contributed by atoms with Crippen molar-refractivity contribution in [2.75, 3.05) is 14.1 Å². The van der Waals surface area contributed by atoms with Crippen LogP contribution in [0.25, 0.3) is 10.8 Å². The maximum atomic E-state index is 5.50. The lowest BCUT2D eigenvalue weighted by Gasteiger charge is -2.20. The number of aromatic nitrogens is 2. The second-order valence-corrected chi connectivity index (χ2v) is 5.82. The van der Waals surface area contributed by atoms with Gasteiger partial charge in [0.15, 0.2) is 5.96 Å². The predicted molar refractivity (Wildman–Crippen MR) is 88.0 cm³/mol. The van der Waals surface area contributed by atoms with Gasteiger partial charge in [0.1, 0.15) is 18.2 Å². The number of hydrogen-bond acceptors (Lipinski definition) is 6. The fraction of sp³-hybridized carbons (Fsp3) is 0.267. The normalized spacial score (nSPS) is 11.7. The van der Waals surface area contributed by atoms with Crippen molar-refractivity contribution in [2.45, 2.75) is 13.1 Å². The van der Waals surface area contributed by atoms with Gasteiger partial charge >= 0.3 is 0 Å². The molecule has 0 atom stereocenters. The Hall–Kier alpha value is -2.61. The Labute approximate surface area is 137 Å². The summed E-state index contributed by atoms with van der Waals surface area (Å²) in [5.74, 6) is 1.39. The Bertz CT molecular complexity index is 749. The molecule has 23 heavy (non-hydrogen) atoms. The quantitative estimate of drug-likeness (QED) is 0.572. The zero-order chi connectivity index (χ0) is 16.1. The van der Waals surface area contributed by atoms with Gasteiger partial charge in [-0.1, -0.05) is 11.2 Å². The van der Waals surface area contributed by atoms with Crippen LogP contribution in [-0.2, 0) is 13.1 Å². The van der Waals surface area contributed by atoms with Crippen LogP contribution >= 0.6 is 11.3 Å². The summed E-state index contributed by atoms with van der Waals surface area (Å²) in [5.41, 5.74) is 1.67. The molecule has 0 bridgehead atoms. The van der Waals surface area contributed by atoms with Gasteiger partial charge in [-0.15, -0.1) is 11.3 Å². The summed E-state index contributed by atoms with van der Waals surface area (Å²) in [4.78, 5) is 11.7. The fourth-order valence-corrected chi connectivity index (χ4v) is 2.75. The van der Waals surface area contributed by atoms with Crippen LogP contribution in [0.15, 0.2) is 50.0 Å². The maximum absolute atomic E-state index is 5.50. The van der Waals surface area contributed by atoms with Gasteiger partial charge in [0, 0.05) is 20.2 Å². The third kappa shape index (κ3) is 3.78. The summed E-state index contributed by atoms with van der Waals surface area (Å²) >= 11 is 1.60. The van der Waals surface area contributed by atoms with E-state index in [1.165, 1.54) is 0 Å². The fourth-order valence-electron chi connectivity index (χ4n) is 2.09. The number of nitrogens with one attached hydrogen (secondary N) is 1. The van der Waals surface area contributed by atoms with Crippen LogP contribution in [0.3, 0.4) is 0 Å². The summed E-state index contributed by atoms with van der Waals surface area (Å²) in [6.45, 7) is 1.14. The predicted octanol–water partition coefficient (Wildman–Crippen LogP) is 2.60. The molecule has 0 saturated heterocycles. The lowest BCUT2D eigenvalue weighted by molar-refractivity contribution is 0.391. The molecule has 0 radical (unpaired) electrons. The highest BCUT2D eigenvalue weighted by atomic mass is 32.1. The van der Waals surface area contributed by atoms with Crippen LogP contribution in [0.4, 0.5) is 0 Å². The summed E-state index contributed by atoms with van der Waals surface area (Å²) in [5, 5.41) is 9.15. The molecule has 120 valence electrons. The van der Waals surface area contributed by atoms with Gasteiger partial charge in [0.2, 0.25) is 5.89 Å². The molecule has 0 aliphatic rings. The Morgan fingerprint density at radius 1 is 1.39 bits per heavy atom. The van der Waals surface area contributed by atoms with Crippen molar-refractivity contribution in [3.63, 3.8) is 0 Å². The van der Waals surface area contributed by atoms with Crippen LogP contribution in [0, 0.1) is 0 Å². The number of thiophene rings is 1. The minimum absolute atomic E-state index is 0.532. The van der Waals surface area contributed by atoms with E-state index in [-0.39, 0.29) is 0 Å². The first-order chi connectivity index (χ1) is 11.3. The third-order valence-corrected chi connectivity index (χ3v) is 4.03. The summed E-state index contributed by atoms with van der Waals surface area (Å²) in [6, 6.07) is 5.79. The van der Waals surface area contributed by atoms with Crippen molar-refractivity contribution in [3.8, 4) is 10.8 Å². The van der Waals surface area contributed by atoms with E-state index in [4.69, 9.17) is 8.94 Å². The van der Waals surface area contributed by atoms with Crippen molar-refractivity contribution in [1.29, 1.82) is 0 Å². The molecule has 0 fully saturated rings. The SMILES string of the molecule is CN=C(NCc1coc(-c2cccs2)n1)N(C)Cc1ccon1. The standard InChI is InChI=1S/C15H17N5O2S/c1-16-15(20(2)9-11-5-6-22-19-11)17-8-12-10-21-14(18-12)13-4-3-7-23-13/h3-7,10H,8-9H2,1-2H3,(H,16,17). The van der Waals surface area contributed by atoms with Crippen LogP contribution < -0.4 is 5.32 Å². The maximum Gasteiger partial charge on any atom is 0.236 e. The van der Waals surface area contributed by atoms with Gasteiger partial charge in [-0.3, -0.25) is 4.99 Å². The van der Waals surface area contributed by atoms with Gasteiger partial charge in [0.05, 0.1) is 23.7 Å². The van der Waals surface area contributed by atoms with E-state index in [0.29, 0.717) is 19.0 Å². The molecule has 0 aliphatic carbocycles. The molecule has 0 spiro atoms. The molecule has 8 heteroatoms. The average Bonchev–Trinajstić information content (AvgIpc) is 3.30. The topological polar surface area (TPSA) is 79.7 Å². The third-order valence-electron chi connectivity index (χ3n) is 3.18. The highest BCUT2D eigenvalue weighted by Gasteiger charge is 2.11. The van der Waals surface area contributed by atoms with E-state index in [0.717, 1.165) is 22.2 Å². The summed E-state index contributed by atoms with van der Waals surface area (Å²) in [6.07, 6.45) is 3.22.